The molecule has 4 nitrogen and oxygen atoms in total. The van der Waals surface area contributed by atoms with Crippen molar-refractivity contribution in [2.24, 2.45) is 0 Å². The highest BCUT2D eigenvalue weighted by Crippen LogP contribution is 2.36. The van der Waals surface area contributed by atoms with Gasteiger partial charge >= 0.3 is 0 Å². The minimum Gasteiger partial charge on any atom is -0.493 e. The van der Waals surface area contributed by atoms with Crippen LogP contribution in [0.15, 0.2) is 12.1 Å². The molecule has 1 aromatic carbocycles. The Morgan fingerprint density at radius 2 is 1.62 bits per heavy atom. The van der Waals surface area contributed by atoms with Crippen LogP contribution in [0.5, 0.6) is 11.5 Å². The molecule has 0 fully saturated rings. The van der Waals surface area contributed by atoms with Crippen LogP contribution in [0.2, 0.25) is 0 Å². The molecule has 0 spiro atoms. The molecule has 0 bridgehead atoms. The van der Waals surface area contributed by atoms with Crippen LogP contribution in [0.3, 0.4) is 0 Å². The first-order valence-corrected chi connectivity index (χ1v) is 5.47. The molecule has 0 saturated carbocycles. The van der Waals surface area contributed by atoms with Crippen LogP contribution in [-0.4, -0.2) is 18.3 Å². The molecule has 0 aliphatic rings. The van der Waals surface area contributed by atoms with E-state index in [9.17, 15) is 5.11 Å². The van der Waals surface area contributed by atoms with Gasteiger partial charge in [-0.15, -0.1) is 0 Å². The maximum atomic E-state index is 9.73. The lowest BCUT2D eigenvalue weighted by atomic mass is 10.1. The fraction of sp³-hybridized carbons (Fsp3) is 0.500. The third-order valence-electron chi connectivity index (χ3n) is 2.14. The van der Waals surface area contributed by atoms with E-state index in [-0.39, 0.29) is 0 Å². The summed E-state index contributed by atoms with van der Waals surface area (Å²) in [6, 6.07) is 3.40. The molecule has 0 aliphatic heterocycles. The van der Waals surface area contributed by atoms with Crippen molar-refractivity contribution < 1.29 is 14.6 Å². The van der Waals surface area contributed by atoms with Gasteiger partial charge in [0.15, 0.2) is 0 Å². The van der Waals surface area contributed by atoms with Crippen LogP contribution >= 0.6 is 0 Å². The summed E-state index contributed by atoms with van der Waals surface area (Å²) in [5.41, 5.74) is 6.96. The fourth-order valence-corrected chi connectivity index (χ4v) is 1.58. The van der Waals surface area contributed by atoms with Gasteiger partial charge in [0.25, 0.3) is 0 Å². The van der Waals surface area contributed by atoms with Gasteiger partial charge in [-0.25, -0.2) is 0 Å². The summed E-state index contributed by atoms with van der Waals surface area (Å²) in [7, 11) is 0. The fourth-order valence-electron chi connectivity index (χ4n) is 1.58. The minimum absolute atomic E-state index is 0.523. The Kier molecular flexibility index (Phi) is 4.43. The second-order valence-electron chi connectivity index (χ2n) is 3.47. The molecule has 90 valence electrons. The number of ether oxygens (including phenoxy) is 2. The monoisotopic (exact) mass is 225 g/mol. The van der Waals surface area contributed by atoms with E-state index in [1.54, 1.807) is 19.1 Å². The first kappa shape index (κ1) is 12.6. The average molecular weight is 225 g/mol. The van der Waals surface area contributed by atoms with Crippen LogP contribution in [0.4, 0.5) is 5.69 Å². The van der Waals surface area contributed by atoms with Gasteiger partial charge in [0.1, 0.15) is 11.5 Å². The number of aliphatic hydroxyl groups is 1. The van der Waals surface area contributed by atoms with Crippen LogP contribution in [0.1, 0.15) is 32.4 Å². The number of hydrogen-bond donors (Lipinski definition) is 2. The predicted octanol–water partition coefficient (Wildman–Crippen LogP) is 2.12. The van der Waals surface area contributed by atoms with Gasteiger partial charge in [-0.3, -0.25) is 0 Å². The van der Waals surface area contributed by atoms with E-state index in [0.717, 1.165) is 0 Å². The molecule has 1 unspecified atom stereocenters. The summed E-state index contributed by atoms with van der Waals surface area (Å²) in [5, 5.41) is 9.73. The third-order valence-corrected chi connectivity index (χ3v) is 2.14. The molecule has 0 aromatic heterocycles. The Morgan fingerprint density at radius 3 is 1.94 bits per heavy atom. The number of hydrogen-bond acceptors (Lipinski definition) is 4. The number of aliphatic hydroxyl groups excluding tert-OH is 1. The molecular formula is C12H19NO3. The number of nitrogens with two attached hydrogens (primary N) is 1. The van der Waals surface area contributed by atoms with Crippen molar-refractivity contribution in [2.45, 2.75) is 26.9 Å². The maximum absolute atomic E-state index is 9.73. The molecular weight excluding hydrogens is 206 g/mol. The standard InChI is InChI=1S/C12H19NO3/c1-4-15-10-6-9(13)7-11(16-5-2)12(10)8(3)14/h6-8,14H,4-5,13H2,1-3H3. The first-order chi connectivity index (χ1) is 7.60. The third kappa shape index (κ3) is 2.79. The highest BCUT2D eigenvalue weighted by atomic mass is 16.5. The molecule has 0 radical (unpaired) electrons. The van der Waals surface area contributed by atoms with Crippen LogP contribution in [-0.2, 0) is 0 Å². The van der Waals surface area contributed by atoms with Crippen molar-refractivity contribution in [1.82, 2.24) is 0 Å². The van der Waals surface area contributed by atoms with Crippen molar-refractivity contribution in [3.8, 4) is 11.5 Å². The Morgan fingerprint density at radius 1 is 1.19 bits per heavy atom. The summed E-state index contributed by atoms with van der Waals surface area (Å²) in [4.78, 5) is 0. The van der Waals surface area contributed by atoms with Gasteiger partial charge in [-0.2, -0.15) is 0 Å². The van der Waals surface area contributed by atoms with Crippen LogP contribution in [0, 0.1) is 0 Å². The SMILES string of the molecule is CCOc1cc(N)cc(OCC)c1C(C)O. The quantitative estimate of drug-likeness (QED) is 0.753. The smallest absolute Gasteiger partial charge is 0.130 e. The van der Waals surface area contributed by atoms with Gasteiger partial charge in [0.05, 0.1) is 24.9 Å². The van der Waals surface area contributed by atoms with Crippen molar-refractivity contribution in [1.29, 1.82) is 0 Å². The maximum Gasteiger partial charge on any atom is 0.130 e. The van der Waals surface area contributed by atoms with Gasteiger partial charge < -0.3 is 20.3 Å². The topological polar surface area (TPSA) is 64.7 Å². The molecule has 1 rings (SSSR count). The molecule has 0 heterocycles. The van der Waals surface area contributed by atoms with E-state index >= 15 is 0 Å². The summed E-state index contributed by atoms with van der Waals surface area (Å²) >= 11 is 0. The molecule has 1 aromatic rings. The van der Waals surface area contributed by atoms with Crippen LogP contribution in [0.25, 0.3) is 0 Å². The van der Waals surface area contributed by atoms with Gasteiger partial charge in [0, 0.05) is 17.8 Å². The molecule has 0 amide bonds. The lowest BCUT2D eigenvalue weighted by molar-refractivity contribution is 0.184. The Labute approximate surface area is 96.0 Å². The second-order valence-corrected chi connectivity index (χ2v) is 3.47. The zero-order chi connectivity index (χ0) is 12.1. The number of anilines is 1. The summed E-state index contributed by atoms with van der Waals surface area (Å²) in [6.07, 6.45) is -0.649. The highest BCUT2D eigenvalue weighted by Gasteiger charge is 2.16. The number of nitrogen functional groups attached to an aromatic ring is 1. The lowest BCUT2D eigenvalue weighted by Crippen LogP contribution is -2.05. The summed E-state index contributed by atoms with van der Waals surface area (Å²) < 4.78 is 10.9. The van der Waals surface area contributed by atoms with E-state index in [0.29, 0.717) is 36.0 Å². The first-order valence-electron chi connectivity index (χ1n) is 5.47. The van der Waals surface area contributed by atoms with E-state index in [1.165, 1.54) is 0 Å². The minimum atomic E-state index is -0.649. The lowest BCUT2D eigenvalue weighted by Gasteiger charge is -2.17. The van der Waals surface area contributed by atoms with Gasteiger partial charge in [0.2, 0.25) is 0 Å². The summed E-state index contributed by atoms with van der Waals surface area (Å²) in [5.74, 6) is 1.17. The normalized spacial score (nSPS) is 12.2. The van der Waals surface area contributed by atoms with Gasteiger partial charge in [-0.1, -0.05) is 0 Å². The average Bonchev–Trinajstić information content (AvgIpc) is 2.17. The largest absolute Gasteiger partial charge is 0.493 e. The zero-order valence-corrected chi connectivity index (χ0v) is 9.99. The molecule has 16 heavy (non-hydrogen) atoms. The highest BCUT2D eigenvalue weighted by molar-refractivity contribution is 5.57. The van der Waals surface area contributed by atoms with Crippen molar-refractivity contribution in [3.63, 3.8) is 0 Å². The van der Waals surface area contributed by atoms with Crippen molar-refractivity contribution >= 4 is 5.69 Å². The van der Waals surface area contributed by atoms with E-state index in [4.69, 9.17) is 15.2 Å². The summed E-state index contributed by atoms with van der Waals surface area (Å²) in [6.45, 7) is 6.49. The van der Waals surface area contributed by atoms with Crippen LogP contribution < -0.4 is 15.2 Å². The van der Waals surface area contributed by atoms with Crippen molar-refractivity contribution in [3.05, 3.63) is 17.7 Å². The molecule has 0 saturated heterocycles. The zero-order valence-electron chi connectivity index (χ0n) is 9.99. The second kappa shape index (κ2) is 5.61. The molecule has 1 atom stereocenters. The van der Waals surface area contributed by atoms with Crippen molar-refractivity contribution in [2.75, 3.05) is 18.9 Å². The molecule has 4 heteroatoms. The van der Waals surface area contributed by atoms with E-state index in [2.05, 4.69) is 0 Å². The van der Waals surface area contributed by atoms with E-state index < -0.39 is 6.10 Å². The Hall–Kier alpha value is -1.42. The molecule has 0 aliphatic carbocycles. The molecule has 3 N–H and O–H groups in total. The van der Waals surface area contributed by atoms with E-state index in [1.807, 2.05) is 13.8 Å². The predicted molar refractivity (Wildman–Crippen MR) is 63.8 cm³/mol. The Balaban J connectivity index is 3.23. The number of benzene rings is 1. The Bertz CT molecular complexity index is 323. The van der Waals surface area contributed by atoms with Gasteiger partial charge in [-0.05, 0) is 20.8 Å². The number of rotatable bonds is 5.